The number of para-hydroxylation sites is 2. The number of aliphatic hydroxyl groups excluding tert-OH is 1. The van der Waals surface area contributed by atoms with Crippen molar-refractivity contribution >= 4 is 17.3 Å². The maximum Gasteiger partial charge on any atom is 0.313 e. The molecular formula is C26H34N3O4-. The van der Waals surface area contributed by atoms with Crippen LogP contribution in [0.2, 0.25) is 0 Å². The maximum absolute atomic E-state index is 13.1. The summed E-state index contributed by atoms with van der Waals surface area (Å²) in [5.41, 5.74) is 2.75. The first kappa shape index (κ1) is 23.5. The molecule has 178 valence electrons. The Balaban J connectivity index is 1.32. The summed E-state index contributed by atoms with van der Waals surface area (Å²) in [6.07, 6.45) is 2.56. The van der Waals surface area contributed by atoms with Crippen molar-refractivity contribution in [3.8, 4) is 0 Å². The van der Waals surface area contributed by atoms with Crippen LogP contribution in [0.3, 0.4) is 0 Å². The molecule has 0 spiro atoms. The van der Waals surface area contributed by atoms with Crippen molar-refractivity contribution in [2.24, 2.45) is 5.92 Å². The quantitative estimate of drug-likeness (QED) is 0.634. The lowest BCUT2D eigenvalue weighted by atomic mass is 9.84. The number of anilines is 2. The molecule has 0 bridgehead atoms. The fourth-order valence-corrected chi connectivity index (χ4v) is 5.08. The molecule has 0 amide bonds. The van der Waals surface area contributed by atoms with Crippen LogP contribution in [0.5, 0.6) is 0 Å². The first-order chi connectivity index (χ1) is 15.8. The van der Waals surface area contributed by atoms with Crippen LogP contribution >= 0.6 is 0 Å². The van der Waals surface area contributed by atoms with Gasteiger partial charge in [0.1, 0.15) is 0 Å². The number of aliphatic carboxylic acids is 1. The average molecular weight is 453 g/mol. The van der Waals surface area contributed by atoms with E-state index in [0.717, 1.165) is 55.2 Å². The van der Waals surface area contributed by atoms with Crippen molar-refractivity contribution in [1.29, 1.82) is 0 Å². The minimum absolute atomic E-state index is 0.0277. The van der Waals surface area contributed by atoms with Gasteiger partial charge in [-0.2, -0.15) is 0 Å². The summed E-state index contributed by atoms with van der Waals surface area (Å²) in [4.78, 5) is 16.0. The number of hydrogen-bond donors (Lipinski definition) is 2. The molecule has 0 radical (unpaired) electrons. The maximum atomic E-state index is 13.1. The highest BCUT2D eigenvalue weighted by Gasteiger charge is 2.37. The first-order valence-electron chi connectivity index (χ1n) is 11.8. The van der Waals surface area contributed by atoms with Crippen LogP contribution in [0.4, 0.5) is 11.4 Å². The Kier molecular flexibility index (Phi) is 6.93. The minimum Gasteiger partial charge on any atom is -0.757 e. The van der Waals surface area contributed by atoms with Crippen LogP contribution in [-0.2, 0) is 16.6 Å². The molecule has 2 heterocycles. The Bertz CT molecular complexity index is 954. The van der Waals surface area contributed by atoms with Crippen LogP contribution in [0.25, 0.3) is 0 Å². The minimum atomic E-state index is -0.889. The van der Waals surface area contributed by atoms with Gasteiger partial charge in [0.2, 0.25) is 0 Å². The monoisotopic (exact) mass is 452 g/mol. The largest absolute Gasteiger partial charge is 0.757 e. The summed E-state index contributed by atoms with van der Waals surface area (Å²) >= 11 is 0. The molecule has 0 aromatic heterocycles. The van der Waals surface area contributed by atoms with Crippen molar-refractivity contribution in [2.75, 3.05) is 42.7 Å². The second-order valence-corrected chi connectivity index (χ2v) is 9.70. The zero-order valence-corrected chi connectivity index (χ0v) is 19.5. The van der Waals surface area contributed by atoms with Crippen molar-refractivity contribution in [3.05, 3.63) is 64.9 Å². The van der Waals surface area contributed by atoms with Gasteiger partial charge in [-0.25, -0.2) is 0 Å². The van der Waals surface area contributed by atoms with Gasteiger partial charge in [-0.1, -0.05) is 36.4 Å². The summed E-state index contributed by atoms with van der Waals surface area (Å²) in [5.74, 6) is -0.562. The predicted octanol–water partition coefficient (Wildman–Crippen LogP) is 3.45. The zero-order chi connectivity index (χ0) is 23.6. The van der Waals surface area contributed by atoms with E-state index in [2.05, 4.69) is 9.80 Å². The third kappa shape index (κ3) is 4.71. The molecule has 33 heavy (non-hydrogen) atoms. The Labute approximate surface area is 195 Å². The highest BCUT2D eigenvalue weighted by molar-refractivity contribution is 5.80. The van der Waals surface area contributed by atoms with Crippen LogP contribution < -0.4 is 9.96 Å². The van der Waals surface area contributed by atoms with E-state index in [1.165, 1.54) is 5.56 Å². The summed E-state index contributed by atoms with van der Waals surface area (Å²) < 4.78 is 0. The van der Waals surface area contributed by atoms with Gasteiger partial charge >= 0.3 is 5.97 Å². The number of fused-ring (bicyclic) bond motifs is 1. The normalized spacial score (nSPS) is 19.7. The Morgan fingerprint density at radius 3 is 2.27 bits per heavy atom. The van der Waals surface area contributed by atoms with Gasteiger partial charge in [0.05, 0.1) is 29.6 Å². The van der Waals surface area contributed by atoms with E-state index in [1.807, 2.05) is 48.5 Å². The second-order valence-electron chi connectivity index (χ2n) is 9.70. The Morgan fingerprint density at radius 2 is 1.67 bits per heavy atom. The molecule has 0 aliphatic carbocycles. The molecule has 1 atom stereocenters. The number of likely N-dealkylation sites (tertiary alicyclic amines) is 1. The average Bonchev–Trinajstić information content (AvgIpc) is 3.10. The number of hydroxylamine groups is 1. The molecule has 2 aliphatic heterocycles. The topological polar surface area (TPSA) is 90.3 Å². The zero-order valence-electron chi connectivity index (χ0n) is 19.5. The van der Waals surface area contributed by atoms with Gasteiger partial charge < -0.3 is 30.3 Å². The number of rotatable bonds is 8. The van der Waals surface area contributed by atoms with Crippen molar-refractivity contribution in [3.63, 3.8) is 0 Å². The molecule has 2 aromatic rings. The van der Waals surface area contributed by atoms with E-state index in [0.29, 0.717) is 12.2 Å². The number of β-amino-alcohol motifs (C(OH)–C–C–N with tert-alkyl or cyclic N) is 1. The van der Waals surface area contributed by atoms with Gasteiger partial charge in [-0.3, -0.25) is 4.79 Å². The number of piperidine rings is 1. The molecule has 1 saturated heterocycles. The van der Waals surface area contributed by atoms with Crippen LogP contribution in [0.15, 0.2) is 48.5 Å². The standard InChI is InChI=1S/C26H34N3O4/c1-26(2,25(31)32)21-9-7-19(8-10-21)11-14-27-15-12-20(13-16-27)24-28(17-18-30)22-5-3-4-6-23(22)29(24)33/h3-10,20,24,30H,11-18H2,1-2H3,(H,31,32)/q-1. The molecule has 2 aliphatic rings. The molecule has 4 rings (SSSR count). The van der Waals surface area contributed by atoms with E-state index < -0.39 is 11.4 Å². The van der Waals surface area contributed by atoms with E-state index >= 15 is 0 Å². The number of carboxylic acid groups (broad SMARTS) is 1. The lowest BCUT2D eigenvalue weighted by molar-refractivity contribution is -0.142. The first-order valence-corrected chi connectivity index (χ1v) is 11.8. The Hall–Kier alpha value is -2.61. The molecule has 0 saturated carbocycles. The number of carbonyl (C=O) groups is 1. The molecule has 2 aromatic carbocycles. The highest BCUT2D eigenvalue weighted by Crippen LogP contribution is 2.43. The molecule has 7 nitrogen and oxygen atoms in total. The predicted molar refractivity (Wildman–Crippen MR) is 130 cm³/mol. The fourth-order valence-electron chi connectivity index (χ4n) is 5.08. The fraction of sp³-hybridized carbons (Fsp3) is 0.500. The van der Waals surface area contributed by atoms with E-state index in [1.54, 1.807) is 13.8 Å². The van der Waals surface area contributed by atoms with Crippen molar-refractivity contribution in [1.82, 2.24) is 4.90 Å². The summed E-state index contributed by atoms with van der Waals surface area (Å²) in [6.45, 7) is 6.78. The smallest absolute Gasteiger partial charge is 0.313 e. The summed E-state index contributed by atoms with van der Waals surface area (Å²) in [5, 5.41) is 33.2. The van der Waals surface area contributed by atoms with Gasteiger partial charge in [-0.05, 0) is 75.4 Å². The third-order valence-corrected chi connectivity index (χ3v) is 7.31. The molecule has 1 fully saturated rings. The summed E-state index contributed by atoms with van der Waals surface area (Å²) in [6, 6.07) is 15.6. The van der Waals surface area contributed by atoms with Gasteiger partial charge in [0.25, 0.3) is 0 Å². The molecule has 7 heteroatoms. The number of benzene rings is 2. The van der Waals surface area contributed by atoms with Crippen molar-refractivity contribution < 1.29 is 15.0 Å². The SMILES string of the molecule is CC(C)(C(=O)O)c1ccc(CCN2CCC(C3N([O-])c4ccccc4N3CCO)CC2)cc1. The number of aliphatic hydroxyl groups is 1. The lowest BCUT2D eigenvalue weighted by Gasteiger charge is -2.45. The van der Waals surface area contributed by atoms with E-state index in [-0.39, 0.29) is 18.7 Å². The highest BCUT2D eigenvalue weighted by atomic mass is 16.5. The molecular weight excluding hydrogens is 418 g/mol. The number of nitrogens with zero attached hydrogens (tertiary/aromatic N) is 3. The third-order valence-electron chi connectivity index (χ3n) is 7.31. The van der Waals surface area contributed by atoms with E-state index in [4.69, 9.17) is 0 Å². The number of carboxylic acids is 1. The molecule has 1 unspecified atom stereocenters. The summed E-state index contributed by atoms with van der Waals surface area (Å²) in [7, 11) is 0. The van der Waals surface area contributed by atoms with Crippen LogP contribution in [0, 0.1) is 11.1 Å². The van der Waals surface area contributed by atoms with Gasteiger partial charge in [-0.15, -0.1) is 0 Å². The van der Waals surface area contributed by atoms with Crippen LogP contribution in [0.1, 0.15) is 37.8 Å². The van der Waals surface area contributed by atoms with Crippen LogP contribution in [-0.4, -0.2) is 60.0 Å². The van der Waals surface area contributed by atoms with Crippen molar-refractivity contribution in [2.45, 2.75) is 44.7 Å². The Morgan fingerprint density at radius 1 is 1.03 bits per heavy atom. The molecule has 2 N–H and O–H groups in total. The number of hydrogen-bond acceptors (Lipinski definition) is 6. The second kappa shape index (κ2) is 9.71. The van der Waals surface area contributed by atoms with E-state index in [9.17, 15) is 20.2 Å². The van der Waals surface area contributed by atoms with Gasteiger partial charge in [0.15, 0.2) is 0 Å². The lowest BCUT2D eigenvalue weighted by Crippen LogP contribution is -2.50. The van der Waals surface area contributed by atoms with Gasteiger partial charge in [0, 0.05) is 13.1 Å².